The Morgan fingerprint density at radius 1 is 1.53 bits per heavy atom. The predicted octanol–water partition coefficient (Wildman–Crippen LogP) is 1.91. The fraction of sp³-hybridized carbons (Fsp3) is 0.533. The average molecular weight is 260 g/mol. The van der Waals surface area contributed by atoms with Crippen LogP contribution in [0.25, 0.3) is 0 Å². The third-order valence-corrected chi connectivity index (χ3v) is 3.56. The molecule has 1 atom stereocenters. The van der Waals surface area contributed by atoms with E-state index in [-0.39, 0.29) is 6.61 Å². The summed E-state index contributed by atoms with van der Waals surface area (Å²) in [6.45, 7) is 2.54. The highest BCUT2D eigenvalue weighted by Crippen LogP contribution is 2.23. The molecule has 0 spiro atoms. The molecular formula is C15H20N2O2. The smallest absolute Gasteiger partial charge is 0.101 e. The quantitative estimate of drug-likeness (QED) is 0.898. The summed E-state index contributed by atoms with van der Waals surface area (Å²) >= 11 is 0. The largest absolute Gasteiger partial charge is 0.392 e. The Bertz CT molecular complexity index is 462. The molecule has 4 nitrogen and oxygen atoms in total. The average Bonchev–Trinajstić information content (AvgIpc) is 2.47. The number of benzene rings is 1. The lowest BCUT2D eigenvalue weighted by Gasteiger charge is -2.29. The van der Waals surface area contributed by atoms with Crippen LogP contribution in [0.4, 0.5) is 5.69 Å². The second-order valence-electron chi connectivity index (χ2n) is 5.09. The summed E-state index contributed by atoms with van der Waals surface area (Å²) in [5, 5.41) is 18.3. The molecule has 0 amide bonds. The van der Waals surface area contributed by atoms with Crippen molar-refractivity contribution in [2.75, 3.05) is 31.7 Å². The molecule has 1 unspecified atom stereocenters. The Morgan fingerprint density at radius 2 is 2.37 bits per heavy atom. The molecule has 1 saturated heterocycles. The monoisotopic (exact) mass is 260 g/mol. The summed E-state index contributed by atoms with van der Waals surface area (Å²) in [7, 11) is 2.00. The van der Waals surface area contributed by atoms with Crippen molar-refractivity contribution >= 4 is 5.69 Å². The first-order valence-corrected chi connectivity index (χ1v) is 6.67. The van der Waals surface area contributed by atoms with Crippen molar-refractivity contribution in [1.29, 1.82) is 5.26 Å². The second-order valence-corrected chi connectivity index (χ2v) is 5.09. The lowest BCUT2D eigenvalue weighted by Crippen LogP contribution is -2.31. The standard InChI is InChI=1S/C15H20N2O2/c1-17(9-13-3-2-6-19-11-13)15-5-4-12(10-18)7-14(15)8-16/h4-5,7,13,18H,2-3,6,9-11H2,1H3. The van der Waals surface area contributed by atoms with Crippen molar-refractivity contribution in [2.24, 2.45) is 5.92 Å². The van der Waals surface area contributed by atoms with Gasteiger partial charge in [0, 0.05) is 20.2 Å². The van der Waals surface area contributed by atoms with E-state index in [0.29, 0.717) is 11.5 Å². The molecule has 0 bridgehead atoms. The van der Waals surface area contributed by atoms with Gasteiger partial charge >= 0.3 is 0 Å². The normalized spacial score (nSPS) is 18.9. The van der Waals surface area contributed by atoms with Crippen LogP contribution in [-0.4, -0.2) is 31.9 Å². The van der Waals surface area contributed by atoms with Gasteiger partial charge < -0.3 is 14.7 Å². The van der Waals surface area contributed by atoms with E-state index >= 15 is 0 Å². The van der Waals surface area contributed by atoms with Gasteiger partial charge in [-0.15, -0.1) is 0 Å². The number of ether oxygens (including phenoxy) is 1. The van der Waals surface area contributed by atoms with Gasteiger partial charge in [-0.2, -0.15) is 5.26 Å². The van der Waals surface area contributed by atoms with Gasteiger partial charge in [0.25, 0.3) is 0 Å². The number of rotatable bonds is 4. The Morgan fingerprint density at radius 3 is 3.00 bits per heavy atom. The van der Waals surface area contributed by atoms with Gasteiger partial charge in [0.1, 0.15) is 6.07 Å². The fourth-order valence-corrected chi connectivity index (χ4v) is 2.54. The van der Waals surface area contributed by atoms with Gasteiger partial charge in [0.2, 0.25) is 0 Å². The van der Waals surface area contributed by atoms with Crippen LogP contribution in [0.1, 0.15) is 24.0 Å². The minimum atomic E-state index is -0.0326. The summed E-state index contributed by atoms with van der Waals surface area (Å²) < 4.78 is 5.49. The van der Waals surface area contributed by atoms with Crippen LogP contribution in [0.15, 0.2) is 18.2 Å². The molecule has 1 N–H and O–H groups in total. The SMILES string of the molecule is CN(CC1CCCOC1)c1ccc(CO)cc1C#N. The molecule has 1 fully saturated rings. The molecule has 1 heterocycles. The summed E-state index contributed by atoms with van der Waals surface area (Å²) in [6, 6.07) is 7.73. The van der Waals surface area contributed by atoms with Gasteiger partial charge in [-0.1, -0.05) is 6.07 Å². The molecule has 1 aromatic carbocycles. The van der Waals surface area contributed by atoms with E-state index in [1.54, 1.807) is 6.07 Å². The highest BCUT2D eigenvalue weighted by Gasteiger charge is 2.17. The molecule has 1 aliphatic rings. The van der Waals surface area contributed by atoms with Gasteiger partial charge in [-0.25, -0.2) is 0 Å². The summed E-state index contributed by atoms with van der Waals surface area (Å²) in [5.41, 5.74) is 2.31. The van der Waals surface area contributed by atoms with E-state index in [1.165, 1.54) is 6.42 Å². The molecule has 2 rings (SSSR count). The van der Waals surface area contributed by atoms with E-state index < -0.39 is 0 Å². The molecule has 0 saturated carbocycles. The number of nitriles is 1. The number of anilines is 1. The number of hydrogen-bond donors (Lipinski definition) is 1. The highest BCUT2D eigenvalue weighted by molar-refractivity contribution is 5.60. The zero-order chi connectivity index (χ0) is 13.7. The van der Waals surface area contributed by atoms with Crippen LogP contribution >= 0.6 is 0 Å². The zero-order valence-corrected chi connectivity index (χ0v) is 11.3. The van der Waals surface area contributed by atoms with Crippen molar-refractivity contribution in [3.8, 4) is 6.07 Å². The first-order chi connectivity index (χ1) is 9.24. The van der Waals surface area contributed by atoms with Crippen molar-refractivity contribution in [1.82, 2.24) is 0 Å². The van der Waals surface area contributed by atoms with Crippen LogP contribution in [0.3, 0.4) is 0 Å². The zero-order valence-electron chi connectivity index (χ0n) is 11.3. The number of aliphatic hydroxyl groups is 1. The molecule has 0 aromatic heterocycles. The maximum absolute atomic E-state index is 9.21. The van der Waals surface area contributed by atoms with Crippen molar-refractivity contribution in [3.05, 3.63) is 29.3 Å². The fourth-order valence-electron chi connectivity index (χ4n) is 2.54. The van der Waals surface area contributed by atoms with Gasteiger partial charge in [-0.05, 0) is 36.5 Å². The van der Waals surface area contributed by atoms with Crippen LogP contribution in [0.2, 0.25) is 0 Å². The summed E-state index contributed by atoms with van der Waals surface area (Å²) in [4.78, 5) is 2.11. The van der Waals surface area contributed by atoms with Crippen molar-refractivity contribution in [2.45, 2.75) is 19.4 Å². The van der Waals surface area contributed by atoms with Gasteiger partial charge in [-0.3, -0.25) is 0 Å². The van der Waals surface area contributed by atoms with Gasteiger partial charge in [0.15, 0.2) is 0 Å². The lowest BCUT2D eigenvalue weighted by atomic mass is 10.0. The molecule has 102 valence electrons. The minimum absolute atomic E-state index is 0.0326. The Labute approximate surface area is 114 Å². The third-order valence-electron chi connectivity index (χ3n) is 3.56. The second kappa shape index (κ2) is 6.55. The van der Waals surface area contributed by atoms with E-state index in [4.69, 9.17) is 9.84 Å². The summed E-state index contributed by atoms with van der Waals surface area (Å²) in [6.07, 6.45) is 2.30. The van der Waals surface area contributed by atoms with Crippen molar-refractivity contribution < 1.29 is 9.84 Å². The van der Waals surface area contributed by atoms with Crippen LogP contribution in [0, 0.1) is 17.2 Å². The molecular weight excluding hydrogens is 240 g/mol. The van der Waals surface area contributed by atoms with Crippen molar-refractivity contribution in [3.63, 3.8) is 0 Å². The van der Waals surface area contributed by atoms with Gasteiger partial charge in [0.05, 0.1) is 24.5 Å². The van der Waals surface area contributed by atoms with E-state index in [1.807, 2.05) is 19.2 Å². The molecule has 4 heteroatoms. The van der Waals surface area contributed by atoms with Crippen LogP contribution in [-0.2, 0) is 11.3 Å². The predicted molar refractivity (Wildman–Crippen MR) is 73.9 cm³/mol. The molecule has 1 aromatic rings. The third kappa shape index (κ3) is 3.46. The Balaban J connectivity index is 2.09. The number of aliphatic hydroxyl groups excluding tert-OH is 1. The Kier molecular flexibility index (Phi) is 4.78. The maximum Gasteiger partial charge on any atom is 0.101 e. The molecule has 0 radical (unpaired) electrons. The van der Waals surface area contributed by atoms with Crippen LogP contribution in [0.5, 0.6) is 0 Å². The Hall–Kier alpha value is -1.57. The highest BCUT2D eigenvalue weighted by atomic mass is 16.5. The first kappa shape index (κ1) is 13.9. The minimum Gasteiger partial charge on any atom is -0.392 e. The summed E-state index contributed by atoms with van der Waals surface area (Å²) in [5.74, 6) is 0.530. The number of nitrogens with zero attached hydrogens (tertiary/aromatic N) is 2. The van der Waals surface area contributed by atoms with E-state index in [9.17, 15) is 5.26 Å². The molecule has 19 heavy (non-hydrogen) atoms. The topological polar surface area (TPSA) is 56.5 Å². The molecule has 1 aliphatic heterocycles. The van der Waals surface area contributed by atoms with E-state index in [0.717, 1.165) is 37.4 Å². The lowest BCUT2D eigenvalue weighted by molar-refractivity contribution is 0.0576. The van der Waals surface area contributed by atoms with Crippen LogP contribution < -0.4 is 4.90 Å². The molecule has 0 aliphatic carbocycles. The van der Waals surface area contributed by atoms with E-state index in [2.05, 4.69) is 11.0 Å². The maximum atomic E-state index is 9.21. The number of hydrogen-bond acceptors (Lipinski definition) is 4. The first-order valence-electron chi connectivity index (χ1n) is 6.67.